The minimum Gasteiger partial charge on any atom is -0.486 e. The van der Waals surface area contributed by atoms with Gasteiger partial charge in [0, 0.05) is 24.6 Å². The van der Waals surface area contributed by atoms with E-state index < -0.39 is 0 Å². The first kappa shape index (κ1) is 20.9. The zero-order valence-corrected chi connectivity index (χ0v) is 18.8. The lowest BCUT2D eigenvalue weighted by Crippen LogP contribution is -2.22. The SMILES string of the molecule is CNC(=O)c1ccccc1Nc1nc(Nc2cccc3c2OCCO3)nc2c1C(C)(C)CN2. The van der Waals surface area contributed by atoms with Gasteiger partial charge in [-0.15, -0.1) is 0 Å². The summed E-state index contributed by atoms with van der Waals surface area (Å²) in [4.78, 5) is 21.9. The zero-order valence-electron chi connectivity index (χ0n) is 18.8. The molecule has 170 valence electrons. The van der Waals surface area contributed by atoms with E-state index in [4.69, 9.17) is 19.4 Å². The number of amides is 1. The Morgan fingerprint density at radius 3 is 2.64 bits per heavy atom. The summed E-state index contributed by atoms with van der Waals surface area (Å²) < 4.78 is 11.5. The number of benzene rings is 2. The molecule has 0 spiro atoms. The van der Waals surface area contributed by atoms with Crippen molar-refractivity contribution in [1.29, 1.82) is 0 Å². The maximum atomic E-state index is 12.4. The van der Waals surface area contributed by atoms with Crippen LogP contribution < -0.4 is 30.7 Å². The number of fused-ring (bicyclic) bond motifs is 2. The third kappa shape index (κ3) is 3.86. The van der Waals surface area contributed by atoms with Crippen LogP contribution in [0.1, 0.15) is 29.8 Å². The van der Waals surface area contributed by atoms with E-state index in [1.165, 1.54) is 0 Å². The third-order valence-electron chi connectivity index (χ3n) is 5.75. The molecule has 2 aromatic carbocycles. The van der Waals surface area contributed by atoms with Crippen molar-refractivity contribution < 1.29 is 14.3 Å². The highest BCUT2D eigenvalue weighted by atomic mass is 16.6. The second-order valence-electron chi connectivity index (χ2n) is 8.56. The van der Waals surface area contributed by atoms with Gasteiger partial charge >= 0.3 is 0 Å². The quantitative estimate of drug-likeness (QED) is 0.469. The number of hydrogen-bond acceptors (Lipinski definition) is 8. The van der Waals surface area contributed by atoms with Gasteiger partial charge in [-0.2, -0.15) is 9.97 Å². The zero-order chi connectivity index (χ0) is 23.0. The number of carbonyl (C=O) groups is 1. The summed E-state index contributed by atoms with van der Waals surface area (Å²) in [6, 6.07) is 13.0. The van der Waals surface area contributed by atoms with Gasteiger partial charge in [-0.05, 0) is 24.3 Å². The fraction of sp³-hybridized carbons (Fsp3) is 0.292. The standard InChI is InChI=1S/C24H26N6O3/c1-24(2)13-26-20-18(24)21(27-15-8-5-4-7-14(15)22(31)25-3)30-23(29-20)28-16-9-6-10-17-19(16)33-12-11-32-17/h4-10H,11-13H2,1-3H3,(H,25,31)(H3,26,27,28,29,30). The molecule has 0 unspecified atom stereocenters. The van der Waals surface area contributed by atoms with Crippen LogP contribution in [0.2, 0.25) is 0 Å². The van der Waals surface area contributed by atoms with Crippen molar-refractivity contribution in [2.75, 3.05) is 42.8 Å². The first-order valence-electron chi connectivity index (χ1n) is 10.9. The Bertz CT molecular complexity index is 1230. The van der Waals surface area contributed by atoms with Crippen LogP contribution in [0.4, 0.5) is 29.0 Å². The number of carbonyl (C=O) groups excluding carboxylic acids is 1. The molecule has 2 aliphatic heterocycles. The predicted octanol–water partition coefficient (Wildman–Crippen LogP) is 3.80. The molecule has 0 bridgehead atoms. The van der Waals surface area contributed by atoms with Crippen LogP contribution in [0.3, 0.4) is 0 Å². The summed E-state index contributed by atoms with van der Waals surface area (Å²) in [7, 11) is 1.61. The van der Waals surface area contributed by atoms with E-state index in [1.807, 2.05) is 36.4 Å². The second-order valence-corrected chi connectivity index (χ2v) is 8.56. The monoisotopic (exact) mass is 446 g/mol. The lowest BCUT2D eigenvalue weighted by molar-refractivity contribution is 0.0964. The lowest BCUT2D eigenvalue weighted by Gasteiger charge is -2.23. The molecule has 9 nitrogen and oxygen atoms in total. The molecule has 1 aromatic heterocycles. The van der Waals surface area contributed by atoms with E-state index in [0.717, 1.165) is 23.6 Å². The molecule has 0 saturated heterocycles. The van der Waals surface area contributed by atoms with Gasteiger partial charge in [0.15, 0.2) is 11.5 Å². The molecule has 2 aliphatic rings. The topological polar surface area (TPSA) is 109 Å². The molecule has 1 amide bonds. The number of anilines is 5. The van der Waals surface area contributed by atoms with Crippen molar-refractivity contribution in [3.8, 4) is 11.5 Å². The van der Waals surface area contributed by atoms with Crippen molar-refractivity contribution >= 4 is 34.9 Å². The van der Waals surface area contributed by atoms with Gasteiger partial charge in [0.2, 0.25) is 5.95 Å². The van der Waals surface area contributed by atoms with Crippen LogP contribution in [0.25, 0.3) is 0 Å². The number of ether oxygens (including phenoxy) is 2. The van der Waals surface area contributed by atoms with Crippen LogP contribution in [-0.4, -0.2) is 42.7 Å². The number of hydrogen-bond donors (Lipinski definition) is 4. The highest BCUT2D eigenvalue weighted by Crippen LogP contribution is 2.43. The van der Waals surface area contributed by atoms with Crippen LogP contribution in [0.15, 0.2) is 42.5 Å². The molecule has 0 fully saturated rings. The molecular formula is C24H26N6O3. The van der Waals surface area contributed by atoms with Gasteiger partial charge in [-0.1, -0.05) is 32.0 Å². The Balaban J connectivity index is 1.56. The molecule has 0 aliphatic carbocycles. The number of aromatic nitrogens is 2. The van der Waals surface area contributed by atoms with Gasteiger partial charge in [-0.25, -0.2) is 0 Å². The first-order chi connectivity index (χ1) is 16.0. The largest absolute Gasteiger partial charge is 0.486 e. The Kier molecular flexibility index (Phi) is 5.16. The highest BCUT2D eigenvalue weighted by Gasteiger charge is 2.35. The molecule has 9 heteroatoms. The van der Waals surface area contributed by atoms with Gasteiger partial charge in [0.1, 0.15) is 24.8 Å². The average molecular weight is 447 g/mol. The van der Waals surface area contributed by atoms with Crippen molar-refractivity contribution in [3.63, 3.8) is 0 Å². The molecule has 33 heavy (non-hydrogen) atoms. The predicted molar refractivity (Wildman–Crippen MR) is 127 cm³/mol. The molecule has 0 radical (unpaired) electrons. The molecule has 3 aromatic rings. The Morgan fingerprint density at radius 1 is 1.00 bits per heavy atom. The van der Waals surface area contributed by atoms with Crippen LogP contribution in [-0.2, 0) is 5.41 Å². The second kappa shape index (κ2) is 8.16. The van der Waals surface area contributed by atoms with Crippen LogP contribution in [0, 0.1) is 0 Å². The number of para-hydroxylation sites is 2. The Morgan fingerprint density at radius 2 is 1.79 bits per heavy atom. The molecule has 4 N–H and O–H groups in total. The maximum Gasteiger partial charge on any atom is 0.253 e. The first-order valence-corrected chi connectivity index (χ1v) is 10.9. The summed E-state index contributed by atoms with van der Waals surface area (Å²) in [6.45, 7) is 6.00. The van der Waals surface area contributed by atoms with E-state index in [9.17, 15) is 4.79 Å². The van der Waals surface area contributed by atoms with Gasteiger partial charge < -0.3 is 30.7 Å². The average Bonchev–Trinajstić information content (AvgIpc) is 3.13. The van der Waals surface area contributed by atoms with Crippen molar-refractivity contribution in [3.05, 3.63) is 53.6 Å². The molecular weight excluding hydrogens is 420 g/mol. The van der Waals surface area contributed by atoms with Gasteiger partial charge in [0.25, 0.3) is 5.91 Å². The fourth-order valence-corrected chi connectivity index (χ4v) is 4.11. The summed E-state index contributed by atoms with van der Waals surface area (Å²) in [5, 5.41) is 12.7. The van der Waals surface area contributed by atoms with Crippen LogP contribution >= 0.6 is 0 Å². The number of nitrogens with one attached hydrogen (secondary N) is 4. The third-order valence-corrected chi connectivity index (χ3v) is 5.75. The smallest absolute Gasteiger partial charge is 0.253 e. The summed E-state index contributed by atoms with van der Waals surface area (Å²) in [5.74, 6) is 2.94. The van der Waals surface area contributed by atoms with Crippen molar-refractivity contribution in [1.82, 2.24) is 15.3 Å². The normalized spacial score (nSPS) is 15.2. The van der Waals surface area contributed by atoms with Crippen molar-refractivity contribution in [2.45, 2.75) is 19.3 Å². The number of rotatable bonds is 5. The minimum absolute atomic E-state index is 0.174. The molecule has 5 rings (SSSR count). The molecule has 3 heterocycles. The minimum atomic E-state index is -0.193. The molecule has 0 saturated carbocycles. The van der Waals surface area contributed by atoms with Gasteiger partial charge in [-0.3, -0.25) is 4.79 Å². The Labute approximate surface area is 191 Å². The van der Waals surface area contributed by atoms with E-state index in [0.29, 0.717) is 47.7 Å². The summed E-state index contributed by atoms with van der Waals surface area (Å²) in [6.07, 6.45) is 0. The van der Waals surface area contributed by atoms with Crippen molar-refractivity contribution in [2.24, 2.45) is 0 Å². The summed E-state index contributed by atoms with van der Waals surface area (Å²) >= 11 is 0. The summed E-state index contributed by atoms with van der Waals surface area (Å²) in [5.41, 5.74) is 2.70. The Hall–Kier alpha value is -4.01. The maximum absolute atomic E-state index is 12.4. The fourth-order valence-electron chi connectivity index (χ4n) is 4.11. The van der Waals surface area contributed by atoms with E-state index in [2.05, 4.69) is 35.1 Å². The van der Waals surface area contributed by atoms with Crippen LogP contribution in [0.5, 0.6) is 11.5 Å². The lowest BCUT2D eigenvalue weighted by atomic mass is 9.88. The highest BCUT2D eigenvalue weighted by molar-refractivity contribution is 6.00. The van der Waals surface area contributed by atoms with E-state index in [1.54, 1.807) is 13.1 Å². The number of nitrogens with zero attached hydrogens (tertiary/aromatic N) is 2. The van der Waals surface area contributed by atoms with E-state index >= 15 is 0 Å². The van der Waals surface area contributed by atoms with Gasteiger partial charge in [0.05, 0.1) is 16.9 Å². The van der Waals surface area contributed by atoms with E-state index in [-0.39, 0.29) is 11.3 Å². The molecule has 0 atom stereocenters.